The van der Waals surface area contributed by atoms with Gasteiger partial charge in [0.25, 0.3) is 0 Å². The van der Waals surface area contributed by atoms with Crippen LogP contribution in [0.5, 0.6) is 0 Å². The van der Waals surface area contributed by atoms with Crippen LogP contribution in [0.4, 0.5) is 8.78 Å². The predicted octanol–water partition coefficient (Wildman–Crippen LogP) is -2.42. The molecule has 4 heteroatoms. The number of hydrogen-bond donors (Lipinski definition) is 2. The number of halogens is 2. The van der Waals surface area contributed by atoms with Crippen molar-refractivity contribution in [1.82, 2.24) is 0 Å². The molecule has 0 aromatic rings. The van der Waals surface area contributed by atoms with Crippen molar-refractivity contribution in [3.05, 3.63) is 0 Å². The number of likely N-dealkylation sites (N-methyl/N-ethyl adjacent to an activating group) is 2. The Morgan fingerprint density at radius 2 is 1.44 bits per heavy atom. The van der Waals surface area contributed by atoms with Crippen molar-refractivity contribution in [2.45, 2.75) is 6.17 Å². The van der Waals surface area contributed by atoms with Crippen LogP contribution in [0.15, 0.2) is 0 Å². The molecule has 1 saturated heterocycles. The molecular weight excluding hydrogens is 126 g/mol. The summed E-state index contributed by atoms with van der Waals surface area (Å²) >= 11 is 0. The molecule has 0 aliphatic carbocycles. The molecule has 0 aromatic carbocycles. The van der Waals surface area contributed by atoms with Gasteiger partial charge in [-0.3, -0.25) is 0 Å². The fourth-order valence-electron chi connectivity index (χ4n) is 1.05. The minimum absolute atomic E-state index is 0.319. The van der Waals surface area contributed by atoms with E-state index in [-0.39, 0.29) is 0 Å². The van der Waals surface area contributed by atoms with Gasteiger partial charge >= 0.3 is 6.17 Å². The Balaban J connectivity index is 2.66. The first kappa shape index (κ1) is 6.89. The highest BCUT2D eigenvalue weighted by molar-refractivity contribution is 4.35. The standard InChI is InChI=1S/C5H10F2N2/c1-8-3-4-9(2)5(8,6)7/h3-4H2,1-2H3/p+2. The molecule has 0 spiro atoms. The molecule has 1 rings (SSSR count). The van der Waals surface area contributed by atoms with Crippen molar-refractivity contribution in [3.8, 4) is 0 Å². The topological polar surface area (TPSA) is 8.88 Å². The first-order valence-corrected chi connectivity index (χ1v) is 3.09. The lowest BCUT2D eigenvalue weighted by Crippen LogP contribution is -3.30. The van der Waals surface area contributed by atoms with E-state index in [2.05, 4.69) is 0 Å². The number of alkyl halides is 2. The van der Waals surface area contributed by atoms with Gasteiger partial charge in [0, 0.05) is 0 Å². The van der Waals surface area contributed by atoms with Crippen LogP contribution in [0.3, 0.4) is 0 Å². The van der Waals surface area contributed by atoms with Crippen LogP contribution in [-0.4, -0.2) is 33.4 Å². The van der Waals surface area contributed by atoms with Crippen molar-refractivity contribution >= 4 is 0 Å². The normalized spacial score (nSPS) is 41.3. The van der Waals surface area contributed by atoms with Crippen molar-refractivity contribution in [2.24, 2.45) is 0 Å². The monoisotopic (exact) mass is 138 g/mol. The van der Waals surface area contributed by atoms with Gasteiger partial charge in [-0.1, -0.05) is 8.78 Å². The zero-order chi connectivity index (χ0) is 7.07. The lowest BCUT2D eigenvalue weighted by Gasteiger charge is -2.14. The SMILES string of the molecule is C[NH+]1CC[NH+](C)C1(F)F. The van der Waals surface area contributed by atoms with Gasteiger partial charge in [-0.05, 0) is 0 Å². The van der Waals surface area contributed by atoms with E-state index in [1.807, 2.05) is 0 Å². The summed E-state index contributed by atoms with van der Waals surface area (Å²) in [5.41, 5.74) is 0. The largest absolute Gasteiger partial charge is 0.544 e. The van der Waals surface area contributed by atoms with Gasteiger partial charge in [-0.15, -0.1) is 0 Å². The summed E-state index contributed by atoms with van der Waals surface area (Å²) < 4.78 is 25.3. The Hall–Kier alpha value is -0.220. The molecule has 2 atom stereocenters. The second-order valence-electron chi connectivity index (χ2n) is 2.64. The quantitative estimate of drug-likeness (QED) is 0.345. The van der Waals surface area contributed by atoms with Crippen molar-refractivity contribution in [2.75, 3.05) is 27.2 Å². The third kappa shape index (κ3) is 0.923. The van der Waals surface area contributed by atoms with Gasteiger partial charge in [0.05, 0.1) is 14.1 Å². The number of rotatable bonds is 0. The van der Waals surface area contributed by atoms with Crippen LogP contribution in [0, 0.1) is 0 Å². The lowest BCUT2D eigenvalue weighted by molar-refractivity contribution is -1.13. The second kappa shape index (κ2) is 1.88. The summed E-state index contributed by atoms with van der Waals surface area (Å²) in [6.45, 7) is 1.14. The lowest BCUT2D eigenvalue weighted by atomic mass is 10.6. The van der Waals surface area contributed by atoms with Gasteiger partial charge in [0.1, 0.15) is 13.1 Å². The minimum Gasteiger partial charge on any atom is -0.217 e. The van der Waals surface area contributed by atoms with Gasteiger partial charge in [-0.25, -0.2) is 9.80 Å². The molecule has 0 saturated carbocycles. The molecule has 1 aliphatic heterocycles. The van der Waals surface area contributed by atoms with Crippen LogP contribution in [0.25, 0.3) is 0 Å². The average molecular weight is 138 g/mol. The zero-order valence-electron chi connectivity index (χ0n) is 5.67. The van der Waals surface area contributed by atoms with E-state index in [0.29, 0.717) is 22.9 Å². The smallest absolute Gasteiger partial charge is 0.217 e. The summed E-state index contributed by atoms with van der Waals surface area (Å²) in [5, 5.41) is 0. The molecule has 0 aromatic heterocycles. The van der Waals surface area contributed by atoms with E-state index in [1.165, 1.54) is 14.1 Å². The third-order valence-electron chi connectivity index (χ3n) is 1.95. The fourth-order valence-corrected chi connectivity index (χ4v) is 1.05. The number of hydrogen-bond acceptors (Lipinski definition) is 0. The molecule has 0 bridgehead atoms. The molecule has 54 valence electrons. The summed E-state index contributed by atoms with van der Waals surface area (Å²) in [4.78, 5) is 0.639. The van der Waals surface area contributed by atoms with Crippen molar-refractivity contribution in [1.29, 1.82) is 0 Å². The Bertz CT molecular complexity index is 104. The maximum Gasteiger partial charge on any atom is 0.544 e. The van der Waals surface area contributed by atoms with Gasteiger partial charge in [0.2, 0.25) is 0 Å². The highest BCUT2D eigenvalue weighted by Gasteiger charge is 2.54. The summed E-state index contributed by atoms with van der Waals surface area (Å²) in [5.74, 6) is 0. The van der Waals surface area contributed by atoms with E-state index >= 15 is 0 Å². The number of nitrogens with one attached hydrogen (secondary N) is 2. The zero-order valence-corrected chi connectivity index (χ0v) is 5.67. The summed E-state index contributed by atoms with van der Waals surface area (Å²) in [6, 6.07) is 0. The Kier molecular flexibility index (Phi) is 1.44. The molecule has 2 N–H and O–H groups in total. The first-order valence-electron chi connectivity index (χ1n) is 3.09. The van der Waals surface area contributed by atoms with E-state index in [4.69, 9.17) is 0 Å². The molecule has 9 heavy (non-hydrogen) atoms. The maximum absolute atomic E-state index is 12.7. The summed E-state index contributed by atoms with van der Waals surface area (Å²) in [7, 11) is 3.05. The van der Waals surface area contributed by atoms with Crippen LogP contribution in [0.1, 0.15) is 0 Å². The Morgan fingerprint density at radius 3 is 1.56 bits per heavy atom. The minimum atomic E-state index is -2.56. The Morgan fingerprint density at radius 1 is 1.11 bits per heavy atom. The number of quaternary nitrogens is 2. The van der Waals surface area contributed by atoms with E-state index in [1.54, 1.807) is 0 Å². The molecule has 1 fully saturated rings. The molecule has 1 aliphatic rings. The van der Waals surface area contributed by atoms with Gasteiger partial charge < -0.3 is 0 Å². The highest BCUT2D eigenvalue weighted by atomic mass is 19.3. The third-order valence-corrected chi connectivity index (χ3v) is 1.95. The molecule has 0 amide bonds. The highest BCUT2D eigenvalue weighted by Crippen LogP contribution is 1.93. The molecule has 2 unspecified atom stereocenters. The van der Waals surface area contributed by atoms with E-state index in [9.17, 15) is 8.78 Å². The fraction of sp³-hybridized carbons (Fsp3) is 1.00. The van der Waals surface area contributed by atoms with Crippen LogP contribution in [0.2, 0.25) is 0 Å². The summed E-state index contributed by atoms with van der Waals surface area (Å²) in [6.07, 6.45) is -2.56. The molecule has 0 radical (unpaired) electrons. The van der Waals surface area contributed by atoms with Crippen LogP contribution in [-0.2, 0) is 0 Å². The van der Waals surface area contributed by atoms with E-state index < -0.39 is 6.17 Å². The predicted molar refractivity (Wildman–Crippen MR) is 28.5 cm³/mol. The Labute approximate surface area is 53.0 Å². The maximum atomic E-state index is 12.7. The molecule has 1 heterocycles. The van der Waals surface area contributed by atoms with Gasteiger partial charge in [0.15, 0.2) is 0 Å². The second-order valence-corrected chi connectivity index (χ2v) is 2.64. The van der Waals surface area contributed by atoms with Crippen LogP contribution < -0.4 is 9.80 Å². The van der Waals surface area contributed by atoms with Gasteiger partial charge in [-0.2, -0.15) is 0 Å². The van der Waals surface area contributed by atoms with Crippen molar-refractivity contribution < 1.29 is 18.6 Å². The van der Waals surface area contributed by atoms with Crippen molar-refractivity contribution in [3.63, 3.8) is 0 Å². The molecular formula is C5H12F2N2+2. The average Bonchev–Trinajstić information content (AvgIpc) is 1.96. The van der Waals surface area contributed by atoms with E-state index in [0.717, 1.165) is 0 Å². The van der Waals surface area contributed by atoms with Crippen LogP contribution >= 0.6 is 0 Å². The first-order chi connectivity index (χ1) is 4.05. The molecule has 2 nitrogen and oxygen atoms in total.